The summed E-state index contributed by atoms with van der Waals surface area (Å²) >= 11 is 0. The van der Waals surface area contributed by atoms with Gasteiger partial charge in [0, 0.05) is 5.92 Å². The van der Waals surface area contributed by atoms with Crippen LogP contribution in [-0.2, 0) is 4.79 Å². The number of nitrogens with zero attached hydrogens (tertiary/aromatic N) is 1. The zero-order valence-corrected chi connectivity index (χ0v) is 9.76. The van der Waals surface area contributed by atoms with Crippen molar-refractivity contribution in [1.82, 2.24) is 0 Å². The van der Waals surface area contributed by atoms with Gasteiger partial charge in [0.15, 0.2) is 0 Å². The summed E-state index contributed by atoms with van der Waals surface area (Å²) in [4.78, 5) is 11.3. The molecule has 78 valence electrons. The highest BCUT2D eigenvalue weighted by atomic mass is 16.2. The van der Waals surface area contributed by atoms with Crippen LogP contribution in [0.5, 0.6) is 0 Å². The van der Waals surface area contributed by atoms with Crippen molar-refractivity contribution in [3.8, 4) is 0 Å². The van der Waals surface area contributed by atoms with Crippen molar-refractivity contribution in [3.63, 3.8) is 0 Å². The van der Waals surface area contributed by atoms with Crippen LogP contribution in [0.1, 0.15) is 40.0 Å². The lowest BCUT2D eigenvalue weighted by atomic mass is 9.94. The van der Waals surface area contributed by atoms with Gasteiger partial charge in [-0.3, -0.25) is 4.48 Å². The molecule has 2 nitrogen and oxygen atoms in total. The largest absolute Gasteiger partial charge is 0.313 e. The number of hydrogen-bond acceptors (Lipinski definition) is 1. The molecule has 0 aliphatic carbocycles. The van der Waals surface area contributed by atoms with Gasteiger partial charge in [-0.25, -0.2) is 4.79 Å². The maximum Gasteiger partial charge on any atom is 0.313 e. The third kappa shape index (κ3) is 3.47. The quantitative estimate of drug-likeness (QED) is 0.575. The number of rotatable bonds is 1. The zero-order valence-electron chi connectivity index (χ0n) is 9.76. The van der Waals surface area contributed by atoms with Crippen molar-refractivity contribution in [2.24, 2.45) is 5.92 Å². The summed E-state index contributed by atoms with van der Waals surface area (Å²) in [6.45, 7) is 7.25. The minimum absolute atomic E-state index is 0.398. The van der Waals surface area contributed by atoms with Gasteiger partial charge < -0.3 is 0 Å². The number of hydrogen-bond donors (Lipinski definition) is 0. The highest BCUT2D eigenvalue weighted by Gasteiger charge is 2.34. The molecule has 1 atom stereocenters. The van der Waals surface area contributed by atoms with E-state index in [4.69, 9.17) is 0 Å². The number of piperidine rings is 1. The summed E-state index contributed by atoms with van der Waals surface area (Å²) in [7, 11) is 4.04. The molecule has 1 aliphatic heterocycles. The van der Waals surface area contributed by atoms with Crippen molar-refractivity contribution in [1.29, 1.82) is 0 Å². The van der Waals surface area contributed by atoms with E-state index in [-0.39, 0.29) is 0 Å². The van der Waals surface area contributed by atoms with E-state index >= 15 is 0 Å². The summed E-state index contributed by atoms with van der Waals surface area (Å²) in [5, 5.41) is 0. The first kappa shape index (κ1) is 12.6. The monoisotopic (exact) mass is 186 g/mol. The smallest absolute Gasteiger partial charge is 0.265 e. The van der Waals surface area contributed by atoms with Crippen LogP contribution in [0, 0.1) is 5.92 Å². The lowest BCUT2D eigenvalue weighted by Gasteiger charge is -2.34. The Morgan fingerprint density at radius 1 is 1.38 bits per heavy atom. The van der Waals surface area contributed by atoms with E-state index in [0.717, 1.165) is 25.3 Å². The molecule has 1 unspecified atom stereocenters. The maximum absolute atomic E-state index is 11.3. The molecule has 0 radical (unpaired) electrons. The summed E-state index contributed by atoms with van der Waals surface area (Å²) in [6, 6.07) is 0. The predicted octanol–water partition coefficient (Wildman–Crippen LogP) is 2.44. The first-order chi connectivity index (χ1) is 6.06. The van der Waals surface area contributed by atoms with Crippen molar-refractivity contribution in [2.75, 3.05) is 20.6 Å². The lowest BCUT2D eigenvalue weighted by molar-refractivity contribution is -0.821. The first-order valence-electron chi connectivity index (χ1n) is 5.42. The minimum atomic E-state index is 0.398. The highest BCUT2D eigenvalue weighted by Crippen LogP contribution is 2.22. The third-order valence-corrected chi connectivity index (χ3v) is 2.73. The Bertz CT molecular complexity index is 163. The van der Waals surface area contributed by atoms with E-state index in [2.05, 4.69) is 6.92 Å². The molecule has 0 saturated carbocycles. The van der Waals surface area contributed by atoms with Gasteiger partial charge in [-0.2, -0.15) is 0 Å². The molecule has 0 bridgehead atoms. The Morgan fingerprint density at radius 2 is 1.92 bits per heavy atom. The van der Waals surface area contributed by atoms with Crippen LogP contribution in [0.25, 0.3) is 0 Å². The van der Waals surface area contributed by atoms with Gasteiger partial charge in [0.25, 0.3) is 0 Å². The standard InChI is InChI=1S/C9H18NO.C2H6/c1-4-8-5-6-9(11)10(2,3)7-8;1-2/h8H,4-7H2,1-3H3;1-2H3/q+1;. The normalized spacial score (nSPS) is 26.2. The highest BCUT2D eigenvalue weighted by molar-refractivity contribution is 5.69. The molecule has 1 heterocycles. The van der Waals surface area contributed by atoms with Crippen LogP contribution in [0.4, 0.5) is 0 Å². The molecule has 0 N–H and O–H groups in total. The molecule has 1 amide bonds. The van der Waals surface area contributed by atoms with E-state index in [1.807, 2.05) is 27.9 Å². The molecule has 13 heavy (non-hydrogen) atoms. The van der Waals surface area contributed by atoms with Crippen molar-refractivity contribution >= 4 is 5.91 Å². The van der Waals surface area contributed by atoms with Gasteiger partial charge in [0.2, 0.25) is 0 Å². The van der Waals surface area contributed by atoms with Crippen LogP contribution >= 0.6 is 0 Å². The van der Waals surface area contributed by atoms with Crippen LogP contribution in [0.2, 0.25) is 0 Å². The van der Waals surface area contributed by atoms with E-state index in [1.54, 1.807) is 0 Å². The summed E-state index contributed by atoms with van der Waals surface area (Å²) in [5.41, 5.74) is 0. The second kappa shape index (κ2) is 5.38. The predicted molar refractivity (Wildman–Crippen MR) is 56.3 cm³/mol. The number of carbonyl (C=O) groups is 1. The molecule has 0 aromatic heterocycles. The molecule has 1 rings (SSSR count). The van der Waals surface area contributed by atoms with Gasteiger partial charge in [-0.1, -0.05) is 20.8 Å². The molecular weight excluding hydrogens is 162 g/mol. The van der Waals surface area contributed by atoms with E-state index in [1.165, 1.54) is 6.42 Å². The number of likely N-dealkylation sites (tertiary alicyclic amines) is 1. The molecular formula is C11H24NO+. The number of carbonyl (C=O) groups excluding carboxylic acids is 1. The Morgan fingerprint density at radius 3 is 2.31 bits per heavy atom. The summed E-state index contributed by atoms with van der Waals surface area (Å²) < 4.78 is 0.596. The van der Waals surface area contributed by atoms with Crippen molar-refractivity contribution in [3.05, 3.63) is 0 Å². The third-order valence-electron chi connectivity index (χ3n) is 2.73. The van der Waals surface area contributed by atoms with E-state index in [9.17, 15) is 4.79 Å². The van der Waals surface area contributed by atoms with Gasteiger partial charge in [0.1, 0.15) is 0 Å². The van der Waals surface area contributed by atoms with Crippen LogP contribution in [0.3, 0.4) is 0 Å². The number of amides is 1. The molecule has 2 heteroatoms. The van der Waals surface area contributed by atoms with E-state index < -0.39 is 0 Å². The second-order valence-corrected chi connectivity index (χ2v) is 4.07. The van der Waals surface area contributed by atoms with Crippen LogP contribution < -0.4 is 0 Å². The number of quaternary nitrogens is 1. The average molecular weight is 186 g/mol. The van der Waals surface area contributed by atoms with Gasteiger partial charge in [0.05, 0.1) is 27.1 Å². The molecule has 0 spiro atoms. The molecule has 1 saturated heterocycles. The molecule has 1 fully saturated rings. The average Bonchev–Trinajstić information content (AvgIpc) is 2.13. The minimum Gasteiger partial charge on any atom is -0.265 e. The van der Waals surface area contributed by atoms with Crippen LogP contribution in [0.15, 0.2) is 0 Å². The Kier molecular flexibility index (Phi) is 5.23. The summed E-state index contributed by atoms with van der Waals surface area (Å²) in [5.74, 6) is 1.16. The van der Waals surface area contributed by atoms with Crippen molar-refractivity contribution in [2.45, 2.75) is 40.0 Å². The molecule has 1 aliphatic rings. The zero-order chi connectivity index (χ0) is 10.5. The topological polar surface area (TPSA) is 17.1 Å². The van der Waals surface area contributed by atoms with Crippen molar-refractivity contribution < 1.29 is 9.28 Å². The Labute approximate surface area is 82.5 Å². The lowest BCUT2D eigenvalue weighted by Crippen LogP contribution is -2.51. The van der Waals surface area contributed by atoms with Gasteiger partial charge in [-0.05, 0) is 12.8 Å². The Balaban J connectivity index is 0.000000671. The summed E-state index contributed by atoms with van der Waals surface area (Å²) in [6.07, 6.45) is 3.11. The fourth-order valence-corrected chi connectivity index (χ4v) is 1.80. The fraction of sp³-hybridized carbons (Fsp3) is 0.909. The SMILES string of the molecule is CC.CCC1CCC(=O)[N+](C)(C)C1. The maximum atomic E-state index is 11.3. The van der Waals surface area contributed by atoms with Crippen LogP contribution in [-0.4, -0.2) is 31.0 Å². The first-order valence-corrected chi connectivity index (χ1v) is 5.42. The molecule has 0 aromatic rings. The van der Waals surface area contributed by atoms with E-state index in [0.29, 0.717) is 10.4 Å². The van der Waals surface area contributed by atoms with Gasteiger partial charge >= 0.3 is 5.91 Å². The molecule has 0 aromatic carbocycles. The second-order valence-electron chi connectivity index (χ2n) is 4.07. The van der Waals surface area contributed by atoms with Gasteiger partial charge in [-0.15, -0.1) is 0 Å². The Hall–Kier alpha value is -0.370. The fourth-order valence-electron chi connectivity index (χ4n) is 1.80.